The Kier molecular flexibility index (Phi) is 8.65. The first-order valence-electron chi connectivity index (χ1n) is 10.4. The third-order valence-corrected chi connectivity index (χ3v) is 5.28. The summed E-state index contributed by atoms with van der Waals surface area (Å²) in [5.74, 6) is -0.747. The Morgan fingerprint density at radius 2 is 1.50 bits per heavy atom. The number of ketones is 1. The number of methoxy groups -OCH3 is 2. The highest BCUT2D eigenvalue weighted by Gasteiger charge is 2.25. The van der Waals surface area contributed by atoms with Gasteiger partial charge >= 0.3 is 5.97 Å². The molecule has 0 fully saturated rings. The Balaban J connectivity index is 1.73. The molecule has 0 aliphatic carbocycles. The molecule has 0 spiro atoms. The number of carbonyl (C=O) groups excluding carboxylic acids is 3. The van der Waals surface area contributed by atoms with Crippen molar-refractivity contribution >= 4 is 29.3 Å². The van der Waals surface area contributed by atoms with E-state index in [4.69, 9.17) is 25.8 Å². The van der Waals surface area contributed by atoms with Gasteiger partial charge in [0.05, 0.1) is 14.2 Å². The van der Waals surface area contributed by atoms with Crippen LogP contribution in [0, 0.1) is 0 Å². The van der Waals surface area contributed by atoms with E-state index in [2.05, 4.69) is 5.32 Å². The zero-order valence-corrected chi connectivity index (χ0v) is 19.5. The van der Waals surface area contributed by atoms with Crippen LogP contribution in [0.1, 0.15) is 26.3 Å². The van der Waals surface area contributed by atoms with Gasteiger partial charge in [0, 0.05) is 22.6 Å². The van der Waals surface area contributed by atoms with Crippen molar-refractivity contribution in [2.24, 2.45) is 0 Å². The van der Waals surface area contributed by atoms with E-state index in [0.717, 1.165) is 5.56 Å². The fraction of sp³-hybridized carbons (Fsp3) is 0.192. The second kappa shape index (κ2) is 11.9. The second-order valence-corrected chi connectivity index (χ2v) is 7.76. The maximum Gasteiger partial charge on any atom is 0.329 e. The van der Waals surface area contributed by atoms with Crippen molar-refractivity contribution in [3.63, 3.8) is 0 Å². The molecule has 0 bridgehead atoms. The molecule has 176 valence electrons. The van der Waals surface area contributed by atoms with Gasteiger partial charge in [0.25, 0.3) is 5.91 Å². The van der Waals surface area contributed by atoms with Crippen molar-refractivity contribution in [2.75, 3.05) is 20.8 Å². The van der Waals surface area contributed by atoms with Gasteiger partial charge in [0.1, 0.15) is 6.04 Å². The van der Waals surface area contributed by atoms with Gasteiger partial charge in [-0.3, -0.25) is 9.59 Å². The largest absolute Gasteiger partial charge is 0.493 e. The number of halogens is 1. The zero-order valence-electron chi connectivity index (χ0n) is 18.7. The molecule has 1 atom stereocenters. The van der Waals surface area contributed by atoms with E-state index in [0.29, 0.717) is 22.1 Å². The summed E-state index contributed by atoms with van der Waals surface area (Å²) in [5, 5.41) is 3.20. The van der Waals surface area contributed by atoms with Crippen LogP contribution in [0.25, 0.3) is 0 Å². The maximum absolute atomic E-state index is 12.9. The Bertz CT molecular complexity index is 1150. The lowest BCUT2D eigenvalue weighted by molar-refractivity contribution is -0.144. The summed E-state index contributed by atoms with van der Waals surface area (Å²) in [6.45, 7) is -0.460. The molecule has 3 rings (SSSR count). The molecule has 34 heavy (non-hydrogen) atoms. The number of hydrogen-bond acceptors (Lipinski definition) is 6. The summed E-state index contributed by atoms with van der Waals surface area (Å²) in [4.78, 5) is 38.2. The smallest absolute Gasteiger partial charge is 0.329 e. The lowest BCUT2D eigenvalue weighted by Gasteiger charge is -2.18. The number of Topliss-reactive ketones (excluding diaryl/α,β-unsaturated/α-hetero) is 1. The molecule has 8 heteroatoms. The molecule has 0 heterocycles. The predicted molar refractivity (Wildman–Crippen MR) is 128 cm³/mol. The molecule has 1 N–H and O–H groups in total. The standard InChI is InChI=1S/C26H24ClNO6/c1-32-23-13-10-19(15-24(23)33-2)25(30)28-21(14-17-6-4-3-5-7-17)26(31)34-16-22(29)18-8-11-20(27)12-9-18/h3-13,15,21H,14,16H2,1-2H3,(H,28,30)/t21-/m1/s1. The van der Waals surface area contributed by atoms with E-state index in [1.165, 1.54) is 20.3 Å². The highest BCUT2D eigenvalue weighted by molar-refractivity contribution is 6.30. The monoisotopic (exact) mass is 481 g/mol. The minimum absolute atomic E-state index is 0.188. The summed E-state index contributed by atoms with van der Waals surface area (Å²) in [5.41, 5.74) is 1.47. The average Bonchev–Trinajstić information content (AvgIpc) is 2.87. The highest BCUT2D eigenvalue weighted by Crippen LogP contribution is 2.27. The van der Waals surface area contributed by atoms with Crippen LogP contribution < -0.4 is 14.8 Å². The van der Waals surface area contributed by atoms with Crippen molar-refractivity contribution in [1.82, 2.24) is 5.32 Å². The van der Waals surface area contributed by atoms with Gasteiger partial charge in [0.15, 0.2) is 23.9 Å². The molecule has 7 nitrogen and oxygen atoms in total. The fourth-order valence-electron chi connectivity index (χ4n) is 3.22. The van der Waals surface area contributed by atoms with Crippen LogP contribution in [0.4, 0.5) is 0 Å². The van der Waals surface area contributed by atoms with Gasteiger partial charge in [-0.25, -0.2) is 4.79 Å². The van der Waals surface area contributed by atoms with Crippen LogP contribution in [0.3, 0.4) is 0 Å². The summed E-state index contributed by atoms with van der Waals surface area (Å²) in [6, 6.07) is 19.1. The maximum atomic E-state index is 12.9. The molecule has 0 saturated carbocycles. The number of esters is 1. The topological polar surface area (TPSA) is 90.9 Å². The van der Waals surface area contributed by atoms with Crippen LogP contribution in [0.5, 0.6) is 11.5 Å². The van der Waals surface area contributed by atoms with Gasteiger partial charge < -0.3 is 19.5 Å². The first-order valence-corrected chi connectivity index (χ1v) is 10.8. The minimum Gasteiger partial charge on any atom is -0.493 e. The highest BCUT2D eigenvalue weighted by atomic mass is 35.5. The number of amides is 1. The molecule has 0 aliphatic rings. The quantitative estimate of drug-likeness (QED) is 0.346. The number of benzene rings is 3. The fourth-order valence-corrected chi connectivity index (χ4v) is 3.34. The summed E-state index contributed by atoms with van der Waals surface area (Å²) in [6.07, 6.45) is 0.188. The normalized spacial score (nSPS) is 11.3. The third kappa shape index (κ3) is 6.59. The molecular formula is C26H24ClNO6. The Labute approximate surface area is 202 Å². The first-order chi connectivity index (χ1) is 16.4. The minimum atomic E-state index is -1.01. The molecule has 0 aliphatic heterocycles. The second-order valence-electron chi connectivity index (χ2n) is 7.32. The molecule has 3 aromatic carbocycles. The number of hydrogen-bond donors (Lipinski definition) is 1. The third-order valence-electron chi connectivity index (χ3n) is 5.03. The van der Waals surface area contributed by atoms with Crippen LogP contribution in [-0.2, 0) is 16.0 Å². The predicted octanol–water partition coefficient (Wildman–Crippen LogP) is 4.12. The zero-order chi connectivity index (χ0) is 24.5. The Morgan fingerprint density at radius 3 is 2.15 bits per heavy atom. The first kappa shape index (κ1) is 24.8. The molecule has 0 radical (unpaired) electrons. The van der Waals surface area contributed by atoms with E-state index in [-0.39, 0.29) is 17.8 Å². The van der Waals surface area contributed by atoms with Crippen molar-refractivity contribution in [3.05, 3.63) is 94.5 Å². The lowest BCUT2D eigenvalue weighted by Crippen LogP contribution is -2.43. The summed E-state index contributed by atoms with van der Waals surface area (Å²) < 4.78 is 15.7. The number of nitrogens with one attached hydrogen (secondary N) is 1. The molecule has 0 aromatic heterocycles. The van der Waals surface area contributed by atoms with Gasteiger partial charge in [-0.2, -0.15) is 0 Å². The van der Waals surface area contributed by atoms with E-state index < -0.39 is 24.5 Å². The molecule has 0 unspecified atom stereocenters. The van der Waals surface area contributed by atoms with Gasteiger partial charge in [-0.05, 0) is 48.0 Å². The summed E-state index contributed by atoms with van der Waals surface area (Å²) >= 11 is 5.85. The van der Waals surface area contributed by atoms with Crippen molar-refractivity contribution < 1.29 is 28.6 Å². The van der Waals surface area contributed by atoms with Crippen LogP contribution in [0.15, 0.2) is 72.8 Å². The average molecular weight is 482 g/mol. The number of carbonyl (C=O) groups is 3. The van der Waals surface area contributed by atoms with Gasteiger partial charge in [-0.1, -0.05) is 41.9 Å². The SMILES string of the molecule is COc1ccc(C(=O)N[C@H](Cc2ccccc2)C(=O)OCC(=O)c2ccc(Cl)cc2)cc1OC. The van der Waals surface area contributed by atoms with Crippen LogP contribution in [0.2, 0.25) is 5.02 Å². The van der Waals surface area contributed by atoms with E-state index in [1.54, 1.807) is 36.4 Å². The molecule has 0 saturated heterocycles. The van der Waals surface area contributed by atoms with Crippen molar-refractivity contribution in [3.8, 4) is 11.5 Å². The van der Waals surface area contributed by atoms with E-state index in [9.17, 15) is 14.4 Å². The van der Waals surface area contributed by atoms with Crippen molar-refractivity contribution in [1.29, 1.82) is 0 Å². The Hall–Kier alpha value is -3.84. The lowest BCUT2D eigenvalue weighted by atomic mass is 10.1. The van der Waals surface area contributed by atoms with Crippen molar-refractivity contribution in [2.45, 2.75) is 12.5 Å². The Morgan fingerprint density at radius 1 is 0.853 bits per heavy atom. The van der Waals surface area contributed by atoms with E-state index >= 15 is 0 Å². The number of rotatable bonds is 10. The molecular weight excluding hydrogens is 458 g/mol. The molecule has 1 amide bonds. The van der Waals surface area contributed by atoms with Crippen LogP contribution in [-0.4, -0.2) is 44.5 Å². The van der Waals surface area contributed by atoms with E-state index in [1.807, 2.05) is 30.3 Å². The van der Waals surface area contributed by atoms with Crippen LogP contribution >= 0.6 is 11.6 Å². The number of ether oxygens (including phenoxy) is 3. The van der Waals surface area contributed by atoms with Gasteiger partial charge in [0.2, 0.25) is 0 Å². The van der Waals surface area contributed by atoms with Gasteiger partial charge in [-0.15, -0.1) is 0 Å². The summed E-state index contributed by atoms with van der Waals surface area (Å²) in [7, 11) is 2.96. The molecule has 3 aromatic rings.